The Balaban J connectivity index is 1.22. The predicted octanol–water partition coefficient (Wildman–Crippen LogP) is 5.30. The number of likely N-dealkylation sites (N-methyl/N-ethyl adjacent to an activating group) is 1. The van der Waals surface area contributed by atoms with E-state index in [2.05, 4.69) is 41.1 Å². The summed E-state index contributed by atoms with van der Waals surface area (Å²) >= 11 is 0. The molecule has 1 saturated heterocycles. The van der Waals surface area contributed by atoms with Crippen LogP contribution in [0.3, 0.4) is 0 Å². The highest BCUT2D eigenvalue weighted by Gasteiger charge is 2.18. The van der Waals surface area contributed by atoms with Gasteiger partial charge in [0.2, 0.25) is 0 Å². The molecule has 0 aliphatic carbocycles. The van der Waals surface area contributed by atoms with Crippen molar-refractivity contribution in [1.29, 1.82) is 0 Å². The molecule has 1 fully saturated rings. The van der Waals surface area contributed by atoms with Gasteiger partial charge in [0.1, 0.15) is 23.9 Å². The number of likely N-dealkylation sites (tertiary alicyclic amines) is 1. The summed E-state index contributed by atoms with van der Waals surface area (Å²) in [4.78, 5) is 26.3. The number of nitrogens with zero attached hydrogens (tertiary/aromatic N) is 7. The molecule has 218 valence electrons. The average Bonchev–Trinajstić information content (AvgIpc) is 3.76. The van der Waals surface area contributed by atoms with E-state index in [0.717, 1.165) is 53.9 Å². The van der Waals surface area contributed by atoms with Crippen molar-refractivity contribution in [3.05, 3.63) is 72.7 Å². The maximum atomic E-state index is 14.6. The van der Waals surface area contributed by atoms with Crippen LogP contribution in [-0.4, -0.2) is 85.3 Å². The van der Waals surface area contributed by atoms with Crippen LogP contribution >= 0.6 is 0 Å². The second kappa shape index (κ2) is 11.5. The van der Waals surface area contributed by atoms with E-state index in [4.69, 9.17) is 9.72 Å². The molecule has 0 amide bonds. The molecule has 0 saturated carbocycles. The van der Waals surface area contributed by atoms with Gasteiger partial charge >= 0.3 is 0 Å². The van der Waals surface area contributed by atoms with Crippen molar-refractivity contribution in [2.45, 2.75) is 19.4 Å². The fourth-order valence-electron chi connectivity index (χ4n) is 5.57. The van der Waals surface area contributed by atoms with Crippen molar-refractivity contribution in [2.24, 2.45) is 0 Å². The third-order valence-corrected chi connectivity index (χ3v) is 7.75. The van der Waals surface area contributed by atoms with Crippen LogP contribution in [0.5, 0.6) is 5.75 Å². The minimum absolute atomic E-state index is 0.387. The standard InChI is InChI=1S/C32H32FN9O/c1-41(2)7-8-43-24-11-21(10-23(33)12-24)26-16-35-17-29-30(26)38-32(37-29)31-25-13-27(36-18-28(25)39-40-31)22-9-20(14-34-15-22)19-42-5-3-4-6-42/h9-18H,3-8,19H2,1-2H3,(H,37,38)(H,39,40). The van der Waals surface area contributed by atoms with Gasteiger partial charge in [-0.2, -0.15) is 5.10 Å². The quantitative estimate of drug-likeness (QED) is 0.238. The number of nitrogens with one attached hydrogen (secondary N) is 2. The molecular weight excluding hydrogens is 545 g/mol. The molecule has 0 radical (unpaired) electrons. The molecule has 11 heteroatoms. The molecular formula is C32H32FN9O. The Morgan fingerprint density at radius 3 is 2.65 bits per heavy atom. The summed E-state index contributed by atoms with van der Waals surface area (Å²) < 4.78 is 20.5. The molecule has 6 heterocycles. The van der Waals surface area contributed by atoms with Crippen LogP contribution in [0.1, 0.15) is 18.4 Å². The largest absolute Gasteiger partial charge is 0.492 e. The minimum atomic E-state index is -0.387. The SMILES string of the molecule is CN(C)CCOc1cc(F)cc(-c2cncc3[nH]c(-c4n[nH]c5cnc(-c6cncc(CN7CCCC7)c6)cc45)nc23)c1. The number of rotatable bonds is 9. The van der Waals surface area contributed by atoms with Gasteiger partial charge in [-0.25, -0.2) is 9.37 Å². The number of aromatic amines is 2. The maximum Gasteiger partial charge on any atom is 0.159 e. The number of ether oxygens (including phenoxy) is 1. The lowest BCUT2D eigenvalue weighted by atomic mass is 10.1. The number of benzene rings is 1. The topological polar surface area (TPSA) is 112 Å². The molecule has 1 aliphatic rings. The number of hydrogen-bond acceptors (Lipinski definition) is 8. The Hall–Kier alpha value is -4.74. The summed E-state index contributed by atoms with van der Waals surface area (Å²) in [5, 5.41) is 8.53. The van der Waals surface area contributed by atoms with Gasteiger partial charge < -0.3 is 14.6 Å². The van der Waals surface area contributed by atoms with Crippen LogP contribution in [0.2, 0.25) is 0 Å². The summed E-state index contributed by atoms with van der Waals surface area (Å²) in [5.41, 5.74) is 7.11. The van der Waals surface area contributed by atoms with Crippen LogP contribution in [0, 0.1) is 5.82 Å². The highest BCUT2D eigenvalue weighted by Crippen LogP contribution is 2.33. The third-order valence-electron chi connectivity index (χ3n) is 7.75. The normalized spacial score (nSPS) is 14.0. The first kappa shape index (κ1) is 27.1. The molecule has 1 aromatic carbocycles. The third kappa shape index (κ3) is 5.69. The van der Waals surface area contributed by atoms with Gasteiger partial charge in [0.15, 0.2) is 5.82 Å². The molecule has 0 spiro atoms. The van der Waals surface area contributed by atoms with Gasteiger partial charge in [-0.15, -0.1) is 0 Å². The Bertz CT molecular complexity index is 1910. The van der Waals surface area contributed by atoms with E-state index in [1.54, 1.807) is 18.6 Å². The van der Waals surface area contributed by atoms with Gasteiger partial charge in [0, 0.05) is 54.3 Å². The molecule has 1 aliphatic heterocycles. The number of pyridine rings is 3. The van der Waals surface area contributed by atoms with Crippen LogP contribution in [0.25, 0.3) is 55.8 Å². The second-order valence-electron chi connectivity index (χ2n) is 11.2. The van der Waals surface area contributed by atoms with E-state index in [1.165, 1.54) is 30.5 Å². The van der Waals surface area contributed by atoms with Gasteiger partial charge in [0.25, 0.3) is 0 Å². The van der Waals surface area contributed by atoms with Crippen molar-refractivity contribution in [3.63, 3.8) is 0 Å². The first-order valence-corrected chi connectivity index (χ1v) is 14.4. The van der Waals surface area contributed by atoms with Gasteiger partial charge in [-0.1, -0.05) is 0 Å². The number of fused-ring (bicyclic) bond motifs is 2. The second-order valence-corrected chi connectivity index (χ2v) is 11.2. The zero-order chi connectivity index (χ0) is 29.3. The Morgan fingerprint density at radius 1 is 0.930 bits per heavy atom. The van der Waals surface area contributed by atoms with E-state index in [0.29, 0.717) is 40.5 Å². The molecule has 0 atom stereocenters. The summed E-state index contributed by atoms with van der Waals surface area (Å²) in [5.74, 6) is 0.650. The van der Waals surface area contributed by atoms with E-state index in [9.17, 15) is 4.39 Å². The van der Waals surface area contributed by atoms with E-state index < -0.39 is 0 Å². The molecule has 6 aromatic rings. The maximum absolute atomic E-state index is 14.6. The van der Waals surface area contributed by atoms with Gasteiger partial charge in [0.05, 0.1) is 34.6 Å². The van der Waals surface area contributed by atoms with E-state index in [1.807, 2.05) is 43.5 Å². The van der Waals surface area contributed by atoms with Crippen molar-refractivity contribution in [1.82, 2.24) is 44.9 Å². The lowest BCUT2D eigenvalue weighted by Crippen LogP contribution is -2.19. The number of halogens is 1. The molecule has 10 nitrogen and oxygen atoms in total. The lowest BCUT2D eigenvalue weighted by Gasteiger charge is -2.14. The van der Waals surface area contributed by atoms with Crippen LogP contribution in [0.4, 0.5) is 4.39 Å². The van der Waals surface area contributed by atoms with Crippen molar-refractivity contribution >= 4 is 21.9 Å². The fraction of sp³-hybridized carbons (Fsp3) is 0.281. The van der Waals surface area contributed by atoms with Crippen LogP contribution < -0.4 is 4.74 Å². The van der Waals surface area contributed by atoms with E-state index in [-0.39, 0.29) is 5.82 Å². The van der Waals surface area contributed by atoms with Crippen LogP contribution in [0.15, 0.2) is 61.3 Å². The lowest BCUT2D eigenvalue weighted by molar-refractivity contribution is 0.260. The monoisotopic (exact) mass is 577 g/mol. The van der Waals surface area contributed by atoms with Gasteiger partial charge in [-0.05, 0) is 75.4 Å². The molecule has 0 unspecified atom stereocenters. The summed E-state index contributed by atoms with van der Waals surface area (Å²) in [6.07, 6.45) is 11.5. The average molecular weight is 578 g/mol. The summed E-state index contributed by atoms with van der Waals surface area (Å²) in [7, 11) is 3.93. The molecule has 43 heavy (non-hydrogen) atoms. The number of imidazole rings is 1. The Morgan fingerprint density at radius 2 is 1.79 bits per heavy atom. The fourth-order valence-corrected chi connectivity index (χ4v) is 5.57. The van der Waals surface area contributed by atoms with E-state index >= 15 is 0 Å². The minimum Gasteiger partial charge on any atom is -0.492 e. The number of hydrogen-bond donors (Lipinski definition) is 2. The van der Waals surface area contributed by atoms with Crippen molar-refractivity contribution in [2.75, 3.05) is 40.3 Å². The zero-order valence-electron chi connectivity index (χ0n) is 24.1. The zero-order valence-corrected chi connectivity index (χ0v) is 24.1. The molecule has 0 bridgehead atoms. The first-order valence-electron chi connectivity index (χ1n) is 14.4. The molecule has 5 aromatic heterocycles. The van der Waals surface area contributed by atoms with Crippen molar-refractivity contribution in [3.8, 4) is 39.7 Å². The van der Waals surface area contributed by atoms with Crippen molar-refractivity contribution < 1.29 is 9.13 Å². The van der Waals surface area contributed by atoms with Crippen LogP contribution in [-0.2, 0) is 6.54 Å². The Labute approximate surface area is 248 Å². The number of aromatic nitrogens is 7. The van der Waals surface area contributed by atoms with Gasteiger partial charge in [-0.3, -0.25) is 25.0 Å². The number of H-pyrrole nitrogens is 2. The highest BCUT2D eigenvalue weighted by atomic mass is 19.1. The first-order chi connectivity index (χ1) is 21.0. The summed E-state index contributed by atoms with van der Waals surface area (Å²) in [6, 6.07) is 8.85. The smallest absolute Gasteiger partial charge is 0.159 e. The molecule has 7 rings (SSSR count). The summed E-state index contributed by atoms with van der Waals surface area (Å²) in [6.45, 7) is 4.33. The Kier molecular flexibility index (Phi) is 7.25. The molecule has 2 N–H and O–H groups in total. The predicted molar refractivity (Wildman–Crippen MR) is 164 cm³/mol. The highest BCUT2D eigenvalue weighted by molar-refractivity contribution is 5.97.